The summed E-state index contributed by atoms with van der Waals surface area (Å²) < 4.78 is 11.9. The van der Waals surface area contributed by atoms with E-state index in [1.54, 1.807) is 0 Å². The lowest BCUT2D eigenvalue weighted by molar-refractivity contribution is 0.288. The molecule has 1 N–H and O–H groups in total. The number of hydrogen-bond donors (Lipinski definition) is 1. The SMILES string of the molecule is CCOc1ccc(-c2csc(=S)[nH]2)cc1OCC. The lowest BCUT2D eigenvalue weighted by atomic mass is 10.1. The Morgan fingerprint density at radius 2 is 1.89 bits per heavy atom. The topological polar surface area (TPSA) is 34.2 Å². The second-order valence-electron chi connectivity index (χ2n) is 3.59. The van der Waals surface area contributed by atoms with E-state index in [1.165, 1.54) is 11.3 Å². The molecule has 0 saturated carbocycles. The highest BCUT2D eigenvalue weighted by molar-refractivity contribution is 7.73. The second-order valence-corrected chi connectivity index (χ2v) is 5.14. The van der Waals surface area contributed by atoms with E-state index in [4.69, 9.17) is 21.7 Å². The lowest BCUT2D eigenvalue weighted by Gasteiger charge is -2.11. The number of thiazole rings is 1. The van der Waals surface area contributed by atoms with Crippen LogP contribution in [0.25, 0.3) is 11.3 Å². The number of aromatic nitrogens is 1. The zero-order valence-electron chi connectivity index (χ0n) is 10.4. The summed E-state index contributed by atoms with van der Waals surface area (Å²) in [6, 6.07) is 5.90. The van der Waals surface area contributed by atoms with E-state index >= 15 is 0 Å². The van der Waals surface area contributed by atoms with Crippen molar-refractivity contribution in [1.82, 2.24) is 4.98 Å². The van der Waals surface area contributed by atoms with E-state index < -0.39 is 0 Å². The fraction of sp³-hybridized carbons (Fsp3) is 0.308. The van der Waals surface area contributed by atoms with E-state index in [0.717, 1.165) is 26.7 Å². The van der Waals surface area contributed by atoms with Gasteiger partial charge in [0.2, 0.25) is 0 Å². The predicted octanol–water partition coefficient (Wildman–Crippen LogP) is 4.27. The number of nitrogens with one attached hydrogen (secondary N) is 1. The number of benzene rings is 1. The molecule has 1 aromatic carbocycles. The molecule has 0 aliphatic carbocycles. The lowest BCUT2D eigenvalue weighted by Crippen LogP contribution is -1.98. The Labute approximate surface area is 115 Å². The molecule has 0 unspecified atom stereocenters. The van der Waals surface area contributed by atoms with Gasteiger partial charge in [0.1, 0.15) is 0 Å². The van der Waals surface area contributed by atoms with Crippen LogP contribution in [-0.2, 0) is 0 Å². The Morgan fingerprint density at radius 3 is 2.50 bits per heavy atom. The molecule has 18 heavy (non-hydrogen) atoms. The molecule has 0 radical (unpaired) electrons. The van der Waals surface area contributed by atoms with Gasteiger partial charge < -0.3 is 14.5 Å². The van der Waals surface area contributed by atoms with Gasteiger partial charge in [0.25, 0.3) is 0 Å². The van der Waals surface area contributed by atoms with Gasteiger partial charge in [0.05, 0.1) is 18.9 Å². The maximum atomic E-state index is 5.60. The summed E-state index contributed by atoms with van der Waals surface area (Å²) in [5, 5.41) is 2.01. The summed E-state index contributed by atoms with van der Waals surface area (Å²) in [5.74, 6) is 1.54. The first-order valence-electron chi connectivity index (χ1n) is 5.82. The summed E-state index contributed by atoms with van der Waals surface area (Å²) in [6.07, 6.45) is 0. The van der Waals surface area contributed by atoms with Crippen molar-refractivity contribution in [2.24, 2.45) is 0 Å². The maximum Gasteiger partial charge on any atom is 0.161 e. The van der Waals surface area contributed by atoms with Crippen LogP contribution in [0.3, 0.4) is 0 Å². The summed E-state index contributed by atoms with van der Waals surface area (Å²) in [4.78, 5) is 3.15. The third kappa shape index (κ3) is 2.91. The number of hydrogen-bond acceptors (Lipinski definition) is 4. The molecule has 0 aliphatic rings. The summed E-state index contributed by atoms with van der Waals surface area (Å²) in [5.41, 5.74) is 2.06. The van der Waals surface area contributed by atoms with Gasteiger partial charge in [-0.05, 0) is 44.3 Å². The Hall–Kier alpha value is -1.33. The van der Waals surface area contributed by atoms with Crippen LogP contribution in [0.1, 0.15) is 13.8 Å². The van der Waals surface area contributed by atoms with Crippen molar-refractivity contribution in [3.05, 3.63) is 27.5 Å². The predicted molar refractivity (Wildman–Crippen MR) is 77.3 cm³/mol. The smallest absolute Gasteiger partial charge is 0.161 e. The molecule has 0 fully saturated rings. The van der Waals surface area contributed by atoms with Gasteiger partial charge in [-0.15, -0.1) is 11.3 Å². The summed E-state index contributed by atoms with van der Waals surface area (Å²) >= 11 is 6.61. The third-order valence-corrected chi connectivity index (χ3v) is 3.44. The van der Waals surface area contributed by atoms with Crippen LogP contribution in [0, 0.1) is 3.95 Å². The molecule has 0 spiro atoms. The standard InChI is InChI=1S/C13H15NO2S2/c1-3-15-11-6-5-9(7-12(11)16-4-2)10-8-18-13(17)14-10/h5-8H,3-4H2,1-2H3,(H,14,17). The van der Waals surface area contributed by atoms with E-state index in [0.29, 0.717) is 13.2 Å². The minimum Gasteiger partial charge on any atom is -0.490 e. The van der Waals surface area contributed by atoms with Crippen molar-refractivity contribution in [3.63, 3.8) is 0 Å². The highest BCUT2D eigenvalue weighted by Gasteiger charge is 2.08. The highest BCUT2D eigenvalue weighted by Crippen LogP contribution is 2.32. The largest absolute Gasteiger partial charge is 0.490 e. The molecule has 0 aliphatic heterocycles. The average molecular weight is 281 g/mol. The zero-order valence-corrected chi connectivity index (χ0v) is 12.0. The Kier molecular flexibility index (Phi) is 4.38. The first-order chi connectivity index (χ1) is 8.74. The number of aromatic amines is 1. The van der Waals surface area contributed by atoms with Crippen LogP contribution in [0.5, 0.6) is 11.5 Å². The number of H-pyrrole nitrogens is 1. The molecule has 0 saturated heterocycles. The van der Waals surface area contributed by atoms with Crippen molar-refractivity contribution in [3.8, 4) is 22.8 Å². The van der Waals surface area contributed by atoms with Crippen molar-refractivity contribution in [2.75, 3.05) is 13.2 Å². The molecule has 0 bridgehead atoms. The van der Waals surface area contributed by atoms with Crippen molar-refractivity contribution < 1.29 is 9.47 Å². The molecule has 2 rings (SSSR count). The van der Waals surface area contributed by atoms with Gasteiger partial charge in [-0.1, -0.05) is 0 Å². The van der Waals surface area contributed by atoms with Crippen LogP contribution < -0.4 is 9.47 Å². The molecule has 1 aromatic heterocycles. The summed E-state index contributed by atoms with van der Waals surface area (Å²) in [7, 11) is 0. The highest BCUT2D eigenvalue weighted by atomic mass is 32.1. The average Bonchev–Trinajstić information content (AvgIpc) is 2.79. The van der Waals surface area contributed by atoms with Crippen LogP contribution in [-0.4, -0.2) is 18.2 Å². The van der Waals surface area contributed by atoms with Crippen LogP contribution in [0.2, 0.25) is 0 Å². The van der Waals surface area contributed by atoms with E-state index in [-0.39, 0.29) is 0 Å². The monoisotopic (exact) mass is 281 g/mol. The molecule has 0 atom stereocenters. The Bertz CT molecular complexity index is 574. The van der Waals surface area contributed by atoms with Crippen molar-refractivity contribution in [1.29, 1.82) is 0 Å². The molecule has 96 valence electrons. The van der Waals surface area contributed by atoms with Crippen LogP contribution in [0.15, 0.2) is 23.6 Å². The first kappa shape index (κ1) is 13.1. The van der Waals surface area contributed by atoms with E-state index in [2.05, 4.69) is 4.98 Å². The van der Waals surface area contributed by atoms with Gasteiger partial charge in [-0.25, -0.2) is 0 Å². The Morgan fingerprint density at radius 1 is 1.17 bits per heavy atom. The minimum absolute atomic E-state index is 0.614. The maximum absolute atomic E-state index is 5.60. The van der Waals surface area contributed by atoms with Crippen molar-refractivity contribution in [2.45, 2.75) is 13.8 Å². The molecule has 1 heterocycles. The molecule has 3 nitrogen and oxygen atoms in total. The zero-order chi connectivity index (χ0) is 13.0. The van der Waals surface area contributed by atoms with E-state index in [1.807, 2.05) is 37.4 Å². The molecule has 2 aromatic rings. The number of ether oxygens (including phenoxy) is 2. The van der Waals surface area contributed by atoms with Gasteiger partial charge in [-0.2, -0.15) is 0 Å². The minimum atomic E-state index is 0.614. The van der Waals surface area contributed by atoms with Gasteiger partial charge in [0.15, 0.2) is 15.5 Å². The quantitative estimate of drug-likeness (QED) is 0.831. The second kappa shape index (κ2) is 6.02. The van der Waals surface area contributed by atoms with Gasteiger partial charge >= 0.3 is 0 Å². The molecule has 0 amide bonds. The summed E-state index contributed by atoms with van der Waals surface area (Å²) in [6.45, 7) is 5.16. The Balaban J connectivity index is 2.38. The molecular weight excluding hydrogens is 266 g/mol. The van der Waals surface area contributed by atoms with Gasteiger partial charge in [0, 0.05) is 10.9 Å². The molecular formula is C13H15NO2S2. The van der Waals surface area contributed by atoms with Crippen LogP contribution >= 0.6 is 23.6 Å². The van der Waals surface area contributed by atoms with E-state index in [9.17, 15) is 0 Å². The normalized spacial score (nSPS) is 10.3. The third-order valence-electron chi connectivity index (χ3n) is 2.37. The fourth-order valence-corrected chi connectivity index (χ4v) is 2.48. The first-order valence-corrected chi connectivity index (χ1v) is 7.11. The van der Waals surface area contributed by atoms with Crippen molar-refractivity contribution >= 4 is 23.6 Å². The van der Waals surface area contributed by atoms with Gasteiger partial charge in [-0.3, -0.25) is 0 Å². The molecule has 5 heteroatoms. The number of rotatable bonds is 5. The van der Waals surface area contributed by atoms with Crippen LogP contribution in [0.4, 0.5) is 0 Å². The fourth-order valence-electron chi connectivity index (χ4n) is 1.64.